The summed E-state index contributed by atoms with van der Waals surface area (Å²) in [5.41, 5.74) is 1.04. The van der Waals surface area contributed by atoms with Gasteiger partial charge in [0.05, 0.1) is 18.1 Å². The minimum atomic E-state index is -0.410. The zero-order valence-corrected chi connectivity index (χ0v) is 12.4. The van der Waals surface area contributed by atoms with Crippen LogP contribution in [0.1, 0.15) is 30.5 Å². The largest absolute Gasteiger partial charge is 0.469 e. The molecule has 5 heteroatoms. The Kier molecular flexibility index (Phi) is 3.32. The molecule has 2 aliphatic rings. The number of nitrogens with zero attached hydrogens (tertiary/aromatic N) is 3. The topological polar surface area (TPSA) is 66.2 Å². The summed E-state index contributed by atoms with van der Waals surface area (Å²) in [5.74, 6) is 0.896. The number of methoxy groups -OCH3 is 1. The molecule has 5 nitrogen and oxygen atoms in total. The van der Waals surface area contributed by atoms with Crippen molar-refractivity contribution in [2.24, 2.45) is 11.3 Å². The summed E-state index contributed by atoms with van der Waals surface area (Å²) in [4.78, 5) is 18.9. The van der Waals surface area contributed by atoms with Gasteiger partial charge in [-0.1, -0.05) is 6.42 Å². The number of ether oxygens (including phenoxy) is 1. The SMILES string of the molecule is COC(=O)C12CCCC1CN(c1nc(C)ccc1C#N)C2. The number of hydrogen-bond donors (Lipinski definition) is 0. The first-order chi connectivity index (χ1) is 10.1. The molecule has 1 aromatic rings. The third-order valence-electron chi connectivity index (χ3n) is 4.90. The van der Waals surface area contributed by atoms with Gasteiger partial charge in [0.25, 0.3) is 0 Å². The number of rotatable bonds is 2. The number of fused-ring (bicyclic) bond motifs is 1. The van der Waals surface area contributed by atoms with Crippen LogP contribution < -0.4 is 4.90 Å². The van der Waals surface area contributed by atoms with Crippen molar-refractivity contribution < 1.29 is 9.53 Å². The van der Waals surface area contributed by atoms with Crippen LogP contribution >= 0.6 is 0 Å². The number of anilines is 1. The fourth-order valence-corrected chi connectivity index (χ4v) is 3.86. The van der Waals surface area contributed by atoms with Crippen LogP contribution in [0.4, 0.5) is 5.82 Å². The van der Waals surface area contributed by atoms with Crippen LogP contribution in [-0.4, -0.2) is 31.2 Å². The molecule has 0 bridgehead atoms. The van der Waals surface area contributed by atoms with Gasteiger partial charge in [-0.3, -0.25) is 4.79 Å². The van der Waals surface area contributed by atoms with Crippen molar-refractivity contribution in [3.8, 4) is 6.07 Å². The molecule has 1 aliphatic carbocycles. The van der Waals surface area contributed by atoms with E-state index < -0.39 is 5.41 Å². The van der Waals surface area contributed by atoms with Gasteiger partial charge in [-0.2, -0.15) is 5.26 Å². The summed E-state index contributed by atoms with van der Waals surface area (Å²) in [5, 5.41) is 9.28. The summed E-state index contributed by atoms with van der Waals surface area (Å²) in [7, 11) is 1.46. The summed E-state index contributed by atoms with van der Waals surface area (Å²) >= 11 is 0. The lowest BCUT2D eigenvalue weighted by atomic mass is 9.81. The molecule has 2 atom stereocenters. The van der Waals surface area contributed by atoms with Gasteiger partial charge >= 0.3 is 5.97 Å². The molecule has 110 valence electrons. The van der Waals surface area contributed by atoms with Gasteiger partial charge in [-0.15, -0.1) is 0 Å². The van der Waals surface area contributed by atoms with Gasteiger partial charge in [-0.25, -0.2) is 4.98 Å². The molecule has 1 aliphatic heterocycles. The number of carbonyl (C=O) groups is 1. The van der Waals surface area contributed by atoms with Crippen LogP contribution in [0.15, 0.2) is 12.1 Å². The fraction of sp³-hybridized carbons (Fsp3) is 0.562. The average Bonchev–Trinajstić information content (AvgIpc) is 3.04. The Hall–Kier alpha value is -2.09. The Morgan fingerprint density at radius 1 is 1.57 bits per heavy atom. The third-order valence-corrected chi connectivity index (χ3v) is 4.90. The number of esters is 1. The van der Waals surface area contributed by atoms with E-state index in [0.29, 0.717) is 23.8 Å². The van der Waals surface area contributed by atoms with E-state index >= 15 is 0 Å². The normalized spacial score (nSPS) is 27.3. The Bertz CT molecular complexity index is 622. The summed E-state index contributed by atoms with van der Waals surface area (Å²) in [6.45, 7) is 3.30. The zero-order chi connectivity index (χ0) is 15.0. The molecule has 0 spiro atoms. The smallest absolute Gasteiger partial charge is 0.313 e. The monoisotopic (exact) mass is 285 g/mol. The quantitative estimate of drug-likeness (QED) is 0.778. The molecule has 21 heavy (non-hydrogen) atoms. The Morgan fingerprint density at radius 2 is 2.38 bits per heavy atom. The third kappa shape index (κ3) is 2.06. The van der Waals surface area contributed by atoms with Crippen molar-refractivity contribution >= 4 is 11.8 Å². The van der Waals surface area contributed by atoms with Crippen molar-refractivity contribution in [2.75, 3.05) is 25.1 Å². The second-order valence-corrected chi connectivity index (χ2v) is 6.05. The highest BCUT2D eigenvalue weighted by Crippen LogP contribution is 2.50. The lowest BCUT2D eigenvalue weighted by molar-refractivity contribution is -0.152. The molecular formula is C16H19N3O2. The molecule has 1 saturated heterocycles. The molecule has 2 fully saturated rings. The lowest BCUT2D eigenvalue weighted by Crippen LogP contribution is -2.37. The summed E-state index contributed by atoms with van der Waals surface area (Å²) in [6, 6.07) is 5.85. The summed E-state index contributed by atoms with van der Waals surface area (Å²) < 4.78 is 5.05. The summed E-state index contributed by atoms with van der Waals surface area (Å²) in [6.07, 6.45) is 2.98. The Labute approximate surface area is 124 Å². The van der Waals surface area contributed by atoms with E-state index in [1.807, 2.05) is 13.0 Å². The molecular weight excluding hydrogens is 266 g/mol. The van der Waals surface area contributed by atoms with Gasteiger partial charge in [0.2, 0.25) is 0 Å². The second kappa shape index (κ2) is 5.03. The van der Waals surface area contributed by atoms with Crippen molar-refractivity contribution in [2.45, 2.75) is 26.2 Å². The number of hydrogen-bond acceptors (Lipinski definition) is 5. The predicted octanol–water partition coefficient (Wildman–Crippen LogP) is 2.04. The van der Waals surface area contributed by atoms with Crippen LogP contribution in [0.25, 0.3) is 0 Å². The second-order valence-electron chi connectivity index (χ2n) is 6.05. The van der Waals surface area contributed by atoms with E-state index in [2.05, 4.69) is 16.0 Å². The van der Waals surface area contributed by atoms with Crippen LogP contribution in [0.3, 0.4) is 0 Å². The lowest BCUT2D eigenvalue weighted by Gasteiger charge is -2.25. The molecule has 0 N–H and O–H groups in total. The highest BCUT2D eigenvalue weighted by Gasteiger charge is 2.55. The molecule has 2 unspecified atom stereocenters. The molecule has 0 amide bonds. The number of carbonyl (C=O) groups excluding carboxylic acids is 1. The first-order valence-electron chi connectivity index (χ1n) is 7.32. The Morgan fingerprint density at radius 3 is 3.10 bits per heavy atom. The number of pyridine rings is 1. The fourth-order valence-electron chi connectivity index (χ4n) is 3.86. The van der Waals surface area contributed by atoms with Gasteiger partial charge in [0.1, 0.15) is 11.9 Å². The maximum Gasteiger partial charge on any atom is 0.313 e. The zero-order valence-electron chi connectivity index (χ0n) is 12.4. The van der Waals surface area contributed by atoms with Gasteiger partial charge < -0.3 is 9.64 Å². The molecule has 1 saturated carbocycles. The Balaban J connectivity index is 1.96. The van der Waals surface area contributed by atoms with Crippen molar-refractivity contribution in [1.82, 2.24) is 4.98 Å². The molecule has 3 rings (SSSR count). The number of aromatic nitrogens is 1. The number of nitriles is 1. The maximum absolute atomic E-state index is 12.3. The maximum atomic E-state index is 12.3. The number of aryl methyl sites for hydroxylation is 1. The molecule has 1 aromatic heterocycles. The first kappa shape index (κ1) is 13.9. The van der Waals surface area contributed by atoms with Crippen LogP contribution in [0, 0.1) is 29.6 Å². The van der Waals surface area contributed by atoms with Crippen LogP contribution in [-0.2, 0) is 9.53 Å². The highest BCUT2D eigenvalue weighted by atomic mass is 16.5. The van der Waals surface area contributed by atoms with E-state index in [0.717, 1.165) is 31.5 Å². The standard InChI is InChI=1S/C16H19N3O2/c1-11-5-6-12(8-17)14(18-11)19-9-13-4-3-7-16(13,10-19)15(20)21-2/h5-6,13H,3-4,7,9-10H2,1-2H3. The molecule has 2 heterocycles. The van der Waals surface area contributed by atoms with Crippen LogP contribution in [0.5, 0.6) is 0 Å². The van der Waals surface area contributed by atoms with Crippen LogP contribution in [0.2, 0.25) is 0 Å². The van der Waals surface area contributed by atoms with E-state index in [9.17, 15) is 10.1 Å². The average molecular weight is 285 g/mol. The van der Waals surface area contributed by atoms with Gasteiger partial charge in [-0.05, 0) is 37.8 Å². The van der Waals surface area contributed by atoms with E-state index in [-0.39, 0.29) is 5.97 Å². The van der Waals surface area contributed by atoms with Crippen molar-refractivity contribution in [3.63, 3.8) is 0 Å². The first-order valence-corrected chi connectivity index (χ1v) is 7.32. The van der Waals surface area contributed by atoms with Gasteiger partial charge in [0.15, 0.2) is 0 Å². The minimum absolute atomic E-state index is 0.112. The van der Waals surface area contributed by atoms with E-state index in [4.69, 9.17) is 4.74 Å². The highest BCUT2D eigenvalue weighted by molar-refractivity contribution is 5.80. The molecule has 0 radical (unpaired) electrons. The predicted molar refractivity (Wildman–Crippen MR) is 77.7 cm³/mol. The van der Waals surface area contributed by atoms with Crippen molar-refractivity contribution in [3.05, 3.63) is 23.4 Å². The van der Waals surface area contributed by atoms with E-state index in [1.54, 1.807) is 6.07 Å². The van der Waals surface area contributed by atoms with E-state index in [1.165, 1.54) is 7.11 Å². The van der Waals surface area contributed by atoms with Crippen molar-refractivity contribution in [1.29, 1.82) is 5.26 Å². The molecule has 0 aromatic carbocycles. The van der Waals surface area contributed by atoms with Gasteiger partial charge in [0, 0.05) is 18.8 Å². The minimum Gasteiger partial charge on any atom is -0.469 e.